The van der Waals surface area contributed by atoms with E-state index in [-0.39, 0.29) is 10.4 Å². The number of halogens is 2. The predicted octanol–water partition coefficient (Wildman–Crippen LogP) is 2.85. The van der Waals surface area contributed by atoms with Gasteiger partial charge < -0.3 is 0 Å². The van der Waals surface area contributed by atoms with Gasteiger partial charge in [0.2, 0.25) is 0 Å². The Hall–Kier alpha value is -1.20. The van der Waals surface area contributed by atoms with E-state index in [1.807, 2.05) is 0 Å². The molecule has 0 atom stereocenters. The molecule has 1 aromatic carbocycles. The molecule has 0 N–H and O–H groups in total. The van der Waals surface area contributed by atoms with Crippen molar-refractivity contribution in [1.29, 1.82) is 0 Å². The number of aryl methyl sites for hydroxylation is 1. The zero-order valence-electron chi connectivity index (χ0n) is 8.24. The zero-order valence-corrected chi connectivity index (χ0v) is 9.81. The fourth-order valence-corrected chi connectivity index (χ4v) is 2.86. The lowest BCUT2D eigenvalue weighted by molar-refractivity contribution is 0.553. The molecule has 0 fully saturated rings. The van der Waals surface area contributed by atoms with Crippen molar-refractivity contribution >= 4 is 32.7 Å². The Kier molecular flexibility index (Phi) is 2.59. The second-order valence-electron chi connectivity index (χ2n) is 3.34. The number of hydrogen-bond donors (Lipinski definition) is 0. The Labute approximate surface area is 97.1 Å². The molecule has 0 radical (unpaired) electrons. The first kappa shape index (κ1) is 11.3. The summed E-state index contributed by atoms with van der Waals surface area (Å²) < 4.78 is 35.1. The predicted molar refractivity (Wildman–Crippen MR) is 59.8 cm³/mol. The number of hydrogen-bond acceptors (Lipinski definition) is 3. The minimum absolute atomic E-state index is 0.125. The molecular formula is C10H7ClFNO2S. The van der Waals surface area contributed by atoms with E-state index in [1.165, 1.54) is 24.4 Å². The minimum Gasteiger partial charge on any atom is -0.256 e. The molecule has 2 rings (SSSR count). The summed E-state index contributed by atoms with van der Waals surface area (Å²) in [5.74, 6) is 0. The van der Waals surface area contributed by atoms with Gasteiger partial charge >= 0.3 is 10.2 Å². The van der Waals surface area contributed by atoms with Gasteiger partial charge in [-0.15, -0.1) is 3.89 Å². The van der Waals surface area contributed by atoms with Crippen molar-refractivity contribution in [2.45, 2.75) is 11.8 Å². The van der Waals surface area contributed by atoms with Crippen LogP contribution in [-0.4, -0.2) is 13.4 Å². The highest BCUT2D eigenvalue weighted by Gasteiger charge is 2.21. The van der Waals surface area contributed by atoms with Crippen molar-refractivity contribution in [3.8, 4) is 0 Å². The van der Waals surface area contributed by atoms with Gasteiger partial charge in [0.05, 0.1) is 10.5 Å². The van der Waals surface area contributed by atoms with Crippen molar-refractivity contribution in [3.63, 3.8) is 0 Å². The number of benzene rings is 1. The van der Waals surface area contributed by atoms with Crippen molar-refractivity contribution in [3.05, 3.63) is 35.0 Å². The smallest absolute Gasteiger partial charge is 0.256 e. The van der Waals surface area contributed by atoms with Crippen LogP contribution in [0.4, 0.5) is 3.89 Å². The summed E-state index contributed by atoms with van der Waals surface area (Å²) in [5.41, 5.74) is 1.14. The van der Waals surface area contributed by atoms with Crippen LogP contribution in [0.5, 0.6) is 0 Å². The summed E-state index contributed by atoms with van der Waals surface area (Å²) in [7, 11) is -4.85. The van der Waals surface area contributed by atoms with Crippen molar-refractivity contribution in [1.82, 2.24) is 4.98 Å². The van der Waals surface area contributed by atoms with Crippen LogP contribution in [0, 0.1) is 6.92 Å². The van der Waals surface area contributed by atoms with Gasteiger partial charge in [-0.2, -0.15) is 8.42 Å². The van der Waals surface area contributed by atoms with Crippen LogP contribution in [0.1, 0.15) is 5.56 Å². The molecule has 1 heterocycles. The minimum atomic E-state index is -4.85. The average Bonchev–Trinajstić information content (AvgIpc) is 2.15. The lowest BCUT2D eigenvalue weighted by atomic mass is 10.1. The number of rotatable bonds is 1. The first-order valence-electron chi connectivity index (χ1n) is 4.40. The Morgan fingerprint density at radius 1 is 1.44 bits per heavy atom. The van der Waals surface area contributed by atoms with E-state index >= 15 is 0 Å². The third-order valence-corrected chi connectivity index (χ3v) is 3.57. The summed E-state index contributed by atoms with van der Waals surface area (Å²) in [5, 5.41) is 0.0792. The van der Waals surface area contributed by atoms with Crippen molar-refractivity contribution in [2.24, 2.45) is 0 Å². The van der Waals surface area contributed by atoms with Gasteiger partial charge in [-0.3, -0.25) is 4.98 Å². The molecule has 0 aliphatic heterocycles. The molecule has 0 spiro atoms. The van der Waals surface area contributed by atoms with Gasteiger partial charge in [0.1, 0.15) is 4.90 Å². The molecule has 0 unspecified atom stereocenters. The number of nitrogens with zero attached hydrogens (tertiary/aromatic N) is 1. The fraction of sp³-hybridized carbons (Fsp3) is 0.100. The van der Waals surface area contributed by atoms with E-state index < -0.39 is 15.1 Å². The lowest BCUT2D eigenvalue weighted by Crippen LogP contribution is -1.97. The van der Waals surface area contributed by atoms with E-state index in [2.05, 4.69) is 4.98 Å². The highest BCUT2D eigenvalue weighted by molar-refractivity contribution is 7.86. The molecular weight excluding hydrogens is 253 g/mol. The molecule has 2 aromatic rings. The fourth-order valence-electron chi connectivity index (χ4n) is 1.60. The van der Waals surface area contributed by atoms with E-state index in [0.717, 1.165) is 0 Å². The van der Waals surface area contributed by atoms with Crippen molar-refractivity contribution < 1.29 is 12.3 Å². The molecule has 0 saturated heterocycles. The van der Waals surface area contributed by atoms with Crippen LogP contribution in [0.15, 0.2) is 29.3 Å². The maximum Gasteiger partial charge on any atom is 0.334 e. The maximum absolute atomic E-state index is 13.1. The molecule has 0 amide bonds. The molecule has 0 bridgehead atoms. The largest absolute Gasteiger partial charge is 0.334 e. The van der Waals surface area contributed by atoms with Gasteiger partial charge in [-0.25, -0.2) is 0 Å². The first-order valence-corrected chi connectivity index (χ1v) is 6.16. The average molecular weight is 260 g/mol. The van der Waals surface area contributed by atoms with Gasteiger partial charge in [0.25, 0.3) is 0 Å². The SMILES string of the molecule is Cc1cc(Cl)c(S(=O)(=O)F)c2cccnc12. The molecule has 0 aliphatic rings. The Balaban J connectivity index is 3.05. The van der Waals surface area contributed by atoms with Crippen LogP contribution in [-0.2, 0) is 10.2 Å². The summed E-state index contributed by atoms with van der Waals surface area (Å²) in [6.45, 7) is 1.73. The van der Waals surface area contributed by atoms with E-state index in [0.29, 0.717) is 11.1 Å². The third kappa shape index (κ3) is 1.76. The second kappa shape index (κ2) is 3.68. The number of fused-ring (bicyclic) bond motifs is 1. The van der Waals surface area contributed by atoms with Crippen LogP contribution in [0.3, 0.4) is 0 Å². The third-order valence-electron chi connectivity index (χ3n) is 2.23. The summed E-state index contributed by atoms with van der Waals surface area (Å²) in [4.78, 5) is 3.50. The van der Waals surface area contributed by atoms with Crippen LogP contribution in [0.2, 0.25) is 5.02 Å². The summed E-state index contributed by atoms with van der Waals surface area (Å²) in [6.07, 6.45) is 1.51. The Bertz CT molecular complexity index is 670. The lowest BCUT2D eigenvalue weighted by Gasteiger charge is -2.06. The maximum atomic E-state index is 13.1. The zero-order chi connectivity index (χ0) is 11.9. The Morgan fingerprint density at radius 3 is 2.75 bits per heavy atom. The molecule has 0 saturated carbocycles. The van der Waals surface area contributed by atoms with Crippen LogP contribution >= 0.6 is 11.6 Å². The second-order valence-corrected chi connectivity index (χ2v) is 5.03. The van der Waals surface area contributed by atoms with Gasteiger partial charge in [0.15, 0.2) is 0 Å². The van der Waals surface area contributed by atoms with Gasteiger partial charge in [-0.1, -0.05) is 11.6 Å². The van der Waals surface area contributed by atoms with E-state index in [9.17, 15) is 12.3 Å². The highest BCUT2D eigenvalue weighted by Crippen LogP contribution is 2.32. The molecule has 0 aliphatic carbocycles. The first-order chi connectivity index (χ1) is 7.41. The monoisotopic (exact) mass is 259 g/mol. The van der Waals surface area contributed by atoms with Crippen molar-refractivity contribution in [2.75, 3.05) is 0 Å². The number of pyridine rings is 1. The number of aromatic nitrogens is 1. The quantitative estimate of drug-likeness (QED) is 0.740. The molecule has 16 heavy (non-hydrogen) atoms. The summed E-state index contributed by atoms with van der Waals surface area (Å²) in [6, 6.07) is 4.41. The Morgan fingerprint density at radius 2 is 2.12 bits per heavy atom. The molecule has 3 nitrogen and oxygen atoms in total. The van der Waals surface area contributed by atoms with Crippen LogP contribution < -0.4 is 0 Å². The van der Waals surface area contributed by atoms with Gasteiger partial charge in [-0.05, 0) is 30.7 Å². The van der Waals surface area contributed by atoms with Gasteiger partial charge in [0, 0.05) is 11.6 Å². The summed E-state index contributed by atoms with van der Waals surface area (Å²) >= 11 is 5.75. The topological polar surface area (TPSA) is 47.0 Å². The normalized spacial score (nSPS) is 11.9. The molecule has 84 valence electrons. The van der Waals surface area contributed by atoms with Crippen LogP contribution in [0.25, 0.3) is 10.9 Å². The van der Waals surface area contributed by atoms with E-state index in [1.54, 1.807) is 6.92 Å². The van der Waals surface area contributed by atoms with E-state index in [4.69, 9.17) is 11.6 Å². The highest BCUT2D eigenvalue weighted by atomic mass is 35.5. The molecule has 6 heteroatoms. The standard InChI is InChI=1S/C10H7ClFNO2S/c1-6-5-8(11)10(16(12,14)15)7-3-2-4-13-9(6)7/h2-5H,1H3. The molecule has 1 aromatic heterocycles.